The van der Waals surface area contributed by atoms with Crippen molar-refractivity contribution >= 4 is 23.0 Å². The van der Waals surface area contributed by atoms with Gasteiger partial charge in [0.25, 0.3) is 5.91 Å². The van der Waals surface area contributed by atoms with E-state index in [2.05, 4.69) is 36.3 Å². The predicted octanol–water partition coefficient (Wildman–Crippen LogP) is 4.97. The van der Waals surface area contributed by atoms with Crippen LogP contribution in [0, 0.1) is 5.41 Å². The van der Waals surface area contributed by atoms with Crippen LogP contribution < -0.4 is 16.4 Å². The Morgan fingerprint density at radius 1 is 1.03 bits per heavy atom. The number of hydrogen-bond donors (Lipinski definition) is 3. The van der Waals surface area contributed by atoms with Gasteiger partial charge < -0.3 is 16.4 Å². The number of nitrogens with one attached hydrogen (secondary N) is 2. The first-order valence-corrected chi connectivity index (χ1v) is 11.1. The molecule has 160 valence electrons. The van der Waals surface area contributed by atoms with Crippen molar-refractivity contribution < 1.29 is 4.79 Å². The van der Waals surface area contributed by atoms with Gasteiger partial charge in [-0.15, -0.1) is 0 Å². The summed E-state index contributed by atoms with van der Waals surface area (Å²) < 4.78 is 0. The van der Waals surface area contributed by atoms with E-state index in [0.717, 1.165) is 5.69 Å². The van der Waals surface area contributed by atoms with E-state index in [4.69, 9.17) is 5.73 Å². The van der Waals surface area contributed by atoms with E-state index in [1.807, 2.05) is 42.5 Å². The summed E-state index contributed by atoms with van der Waals surface area (Å²) in [4.78, 5) is 15.3. The van der Waals surface area contributed by atoms with Crippen molar-refractivity contribution in [2.24, 2.45) is 5.41 Å². The lowest BCUT2D eigenvalue weighted by Crippen LogP contribution is -2.49. The van der Waals surface area contributed by atoms with E-state index < -0.39 is 0 Å². The van der Waals surface area contributed by atoms with E-state index >= 15 is 0 Å². The average molecular weight is 407 g/mol. The molecule has 2 heterocycles. The highest BCUT2D eigenvalue weighted by Crippen LogP contribution is 2.38. The number of hydrogen-bond acceptors (Lipinski definition) is 4. The topological polar surface area (TPSA) is 70.4 Å². The Balaban J connectivity index is 1.34. The van der Waals surface area contributed by atoms with Gasteiger partial charge in [-0.05, 0) is 67.5 Å². The molecular weight excluding hydrogens is 372 g/mol. The molecule has 2 saturated heterocycles. The smallest absolute Gasteiger partial charge is 0.255 e. The zero-order valence-electron chi connectivity index (χ0n) is 18.3. The number of amides is 1. The number of nitrogen functional groups attached to an aromatic ring is 1. The molecule has 0 spiro atoms. The fourth-order valence-corrected chi connectivity index (χ4v) is 4.96. The molecule has 1 amide bonds. The third kappa shape index (κ3) is 4.78. The van der Waals surface area contributed by atoms with Crippen molar-refractivity contribution in [1.82, 2.24) is 4.90 Å². The number of nitrogens with two attached hydrogens (primary N) is 1. The molecule has 0 aromatic heterocycles. The molecular formula is C25H34N4O. The quantitative estimate of drug-likeness (QED) is 0.613. The van der Waals surface area contributed by atoms with Gasteiger partial charge in [0.1, 0.15) is 0 Å². The van der Waals surface area contributed by atoms with Gasteiger partial charge in [-0.2, -0.15) is 0 Å². The van der Waals surface area contributed by atoms with Gasteiger partial charge in [0, 0.05) is 35.9 Å². The summed E-state index contributed by atoms with van der Waals surface area (Å²) in [5, 5.41) is 6.59. The third-order valence-electron chi connectivity index (χ3n) is 6.27. The lowest BCUT2D eigenvalue weighted by molar-refractivity contribution is 0.0905. The maximum absolute atomic E-state index is 12.5. The molecule has 30 heavy (non-hydrogen) atoms. The Morgan fingerprint density at radius 3 is 2.27 bits per heavy atom. The summed E-state index contributed by atoms with van der Waals surface area (Å²) >= 11 is 0. The summed E-state index contributed by atoms with van der Waals surface area (Å²) in [5.74, 6) is -0.145. The van der Waals surface area contributed by atoms with Crippen LogP contribution in [0.1, 0.15) is 56.8 Å². The molecule has 2 fully saturated rings. The summed E-state index contributed by atoms with van der Waals surface area (Å²) in [6.07, 6.45) is 5.03. The average Bonchev–Trinajstić information content (AvgIpc) is 2.91. The van der Waals surface area contributed by atoms with Crippen LogP contribution in [0.5, 0.6) is 0 Å². The number of fused-ring (bicyclic) bond motifs is 2. The summed E-state index contributed by atoms with van der Waals surface area (Å²) in [6.45, 7) is 8.19. The number of anilines is 3. The maximum Gasteiger partial charge on any atom is 0.255 e. The lowest BCUT2D eigenvalue weighted by atomic mass is 9.91. The normalized spacial score (nSPS) is 23.9. The van der Waals surface area contributed by atoms with Crippen molar-refractivity contribution in [3.05, 3.63) is 54.1 Å². The van der Waals surface area contributed by atoms with E-state index in [1.165, 1.54) is 32.2 Å². The van der Waals surface area contributed by atoms with Crippen molar-refractivity contribution in [3.63, 3.8) is 0 Å². The minimum absolute atomic E-state index is 0.145. The standard InChI is InChI=1S/C25H34N4O/c1-25(2,3)16-29-20-12-13-21(29)15-19(14-20)27-18-10-8-17(9-11-18)24(30)28-23-7-5-4-6-22(23)26/h4-11,19-21,27H,12-16,26H2,1-3H3,(H,28,30). The monoisotopic (exact) mass is 406 g/mol. The number of carbonyl (C=O) groups is 1. The van der Waals surface area contributed by atoms with Crippen molar-refractivity contribution in [2.75, 3.05) is 22.9 Å². The van der Waals surface area contributed by atoms with Gasteiger partial charge >= 0.3 is 0 Å². The molecule has 2 aliphatic rings. The molecule has 4 N–H and O–H groups in total. The lowest BCUT2D eigenvalue weighted by Gasteiger charge is -2.42. The molecule has 2 unspecified atom stereocenters. The molecule has 2 aromatic carbocycles. The molecule has 5 nitrogen and oxygen atoms in total. The van der Waals surface area contributed by atoms with Gasteiger partial charge in [0.15, 0.2) is 0 Å². The van der Waals surface area contributed by atoms with Crippen LogP contribution in [0.4, 0.5) is 17.1 Å². The summed E-state index contributed by atoms with van der Waals surface area (Å²) in [6, 6.07) is 17.0. The summed E-state index contributed by atoms with van der Waals surface area (Å²) in [7, 11) is 0. The Bertz CT molecular complexity index is 873. The van der Waals surface area contributed by atoms with Crippen LogP contribution >= 0.6 is 0 Å². The van der Waals surface area contributed by atoms with E-state index in [1.54, 1.807) is 6.07 Å². The summed E-state index contributed by atoms with van der Waals surface area (Å²) in [5.41, 5.74) is 9.19. The zero-order valence-corrected chi connectivity index (χ0v) is 18.3. The Hall–Kier alpha value is -2.53. The molecule has 2 atom stereocenters. The maximum atomic E-state index is 12.5. The third-order valence-corrected chi connectivity index (χ3v) is 6.27. The van der Waals surface area contributed by atoms with Crippen LogP contribution in [-0.4, -0.2) is 35.5 Å². The number of benzene rings is 2. The SMILES string of the molecule is CC(C)(C)CN1C2CCC1CC(Nc1ccc(C(=O)Nc3ccccc3N)cc1)C2. The van der Waals surface area contributed by atoms with Crippen LogP contribution in [0.3, 0.4) is 0 Å². The van der Waals surface area contributed by atoms with Gasteiger partial charge in [-0.25, -0.2) is 0 Å². The number of carbonyl (C=O) groups excluding carboxylic acids is 1. The van der Waals surface area contributed by atoms with E-state index in [9.17, 15) is 4.79 Å². The molecule has 5 heteroatoms. The Morgan fingerprint density at radius 2 is 1.67 bits per heavy atom. The number of rotatable bonds is 5. The van der Waals surface area contributed by atoms with Crippen molar-refractivity contribution in [1.29, 1.82) is 0 Å². The highest BCUT2D eigenvalue weighted by Gasteiger charge is 2.41. The van der Waals surface area contributed by atoms with E-state index in [-0.39, 0.29) is 5.91 Å². The first-order chi connectivity index (χ1) is 14.3. The second-order valence-corrected chi connectivity index (χ2v) is 10.0. The van der Waals surface area contributed by atoms with Crippen LogP contribution in [0.2, 0.25) is 0 Å². The first kappa shape index (κ1) is 20.7. The first-order valence-electron chi connectivity index (χ1n) is 11.1. The molecule has 0 saturated carbocycles. The van der Waals surface area contributed by atoms with Crippen LogP contribution in [0.25, 0.3) is 0 Å². The molecule has 2 aliphatic heterocycles. The largest absolute Gasteiger partial charge is 0.397 e. The van der Waals surface area contributed by atoms with Gasteiger partial charge in [-0.1, -0.05) is 32.9 Å². The highest BCUT2D eigenvalue weighted by atomic mass is 16.1. The molecule has 2 aromatic rings. The molecule has 0 aliphatic carbocycles. The fourth-order valence-electron chi connectivity index (χ4n) is 4.96. The van der Waals surface area contributed by atoms with Crippen LogP contribution in [-0.2, 0) is 0 Å². The van der Waals surface area contributed by atoms with Gasteiger partial charge in [-0.3, -0.25) is 9.69 Å². The minimum Gasteiger partial charge on any atom is -0.397 e. The second-order valence-electron chi connectivity index (χ2n) is 10.0. The zero-order chi connectivity index (χ0) is 21.3. The molecule has 4 rings (SSSR count). The minimum atomic E-state index is -0.145. The molecule has 0 radical (unpaired) electrons. The fraction of sp³-hybridized carbons (Fsp3) is 0.480. The Labute approximate surface area is 180 Å². The van der Waals surface area contributed by atoms with Crippen LogP contribution in [0.15, 0.2) is 48.5 Å². The molecule has 2 bridgehead atoms. The van der Waals surface area contributed by atoms with E-state index in [0.29, 0.717) is 40.5 Å². The van der Waals surface area contributed by atoms with Gasteiger partial charge in [0.05, 0.1) is 11.4 Å². The predicted molar refractivity (Wildman–Crippen MR) is 125 cm³/mol. The second kappa shape index (κ2) is 8.31. The van der Waals surface area contributed by atoms with Crippen molar-refractivity contribution in [3.8, 4) is 0 Å². The number of piperidine rings is 1. The van der Waals surface area contributed by atoms with Gasteiger partial charge in [0.2, 0.25) is 0 Å². The number of para-hydroxylation sites is 2. The Kier molecular flexibility index (Phi) is 5.74. The highest BCUT2D eigenvalue weighted by molar-refractivity contribution is 6.05. The van der Waals surface area contributed by atoms with Crippen molar-refractivity contribution in [2.45, 2.75) is 64.6 Å². The number of nitrogens with zero attached hydrogens (tertiary/aromatic N) is 1.